The molecular formula is C20H15ClFN3OS2. The SMILES string of the molecule is CCN(C(=O)Cc1csc(-c2ccc(F)cc2)n1)c1nc2cc(Cl)ccc2s1. The van der Waals surface area contributed by atoms with Crippen molar-refractivity contribution in [2.24, 2.45) is 0 Å². The van der Waals surface area contributed by atoms with Crippen LogP contribution in [0.5, 0.6) is 0 Å². The highest BCUT2D eigenvalue weighted by molar-refractivity contribution is 7.22. The van der Waals surface area contributed by atoms with Crippen LogP contribution in [0.2, 0.25) is 5.02 Å². The first-order valence-electron chi connectivity index (χ1n) is 8.60. The Hall–Kier alpha value is -2.35. The Labute approximate surface area is 174 Å². The van der Waals surface area contributed by atoms with Gasteiger partial charge in [0.05, 0.1) is 22.3 Å². The van der Waals surface area contributed by atoms with Crippen LogP contribution in [-0.4, -0.2) is 22.4 Å². The molecule has 28 heavy (non-hydrogen) atoms. The third kappa shape index (κ3) is 3.92. The third-order valence-corrected chi connectivity index (χ3v) is 6.40. The van der Waals surface area contributed by atoms with Crippen molar-refractivity contribution in [1.29, 1.82) is 0 Å². The summed E-state index contributed by atoms with van der Waals surface area (Å²) < 4.78 is 14.1. The van der Waals surface area contributed by atoms with Gasteiger partial charge in [-0.3, -0.25) is 9.69 Å². The minimum absolute atomic E-state index is 0.0661. The lowest BCUT2D eigenvalue weighted by atomic mass is 10.2. The standard InChI is InChI=1S/C20H15ClFN3OS2/c1-2-25(20-24-16-9-13(21)5-8-17(16)28-20)18(26)10-15-11-27-19(23-15)12-3-6-14(22)7-4-12/h3-9,11H,2,10H2,1H3. The second-order valence-electron chi connectivity index (χ2n) is 6.07. The molecule has 0 fully saturated rings. The lowest BCUT2D eigenvalue weighted by Gasteiger charge is -2.16. The number of aromatic nitrogens is 2. The summed E-state index contributed by atoms with van der Waals surface area (Å²) in [6, 6.07) is 11.7. The number of amides is 1. The molecule has 142 valence electrons. The first kappa shape index (κ1) is 19.0. The number of thiazole rings is 2. The number of benzene rings is 2. The van der Waals surface area contributed by atoms with Gasteiger partial charge in [-0.15, -0.1) is 11.3 Å². The molecule has 2 aromatic heterocycles. The number of hydrogen-bond acceptors (Lipinski definition) is 5. The maximum atomic E-state index is 13.1. The van der Waals surface area contributed by atoms with Gasteiger partial charge in [0.25, 0.3) is 0 Å². The van der Waals surface area contributed by atoms with Crippen LogP contribution >= 0.6 is 34.3 Å². The summed E-state index contributed by atoms with van der Waals surface area (Å²) in [6.45, 7) is 2.43. The summed E-state index contributed by atoms with van der Waals surface area (Å²) in [5, 5.41) is 3.90. The van der Waals surface area contributed by atoms with E-state index in [4.69, 9.17) is 11.6 Å². The summed E-state index contributed by atoms with van der Waals surface area (Å²) in [7, 11) is 0. The largest absolute Gasteiger partial charge is 0.288 e. The molecule has 1 amide bonds. The normalized spacial score (nSPS) is 11.1. The zero-order valence-electron chi connectivity index (χ0n) is 14.9. The molecule has 0 unspecified atom stereocenters. The summed E-state index contributed by atoms with van der Waals surface area (Å²) >= 11 is 8.93. The van der Waals surface area contributed by atoms with Crippen molar-refractivity contribution in [1.82, 2.24) is 9.97 Å². The molecule has 0 saturated carbocycles. The van der Waals surface area contributed by atoms with Crippen LogP contribution in [0.1, 0.15) is 12.6 Å². The maximum absolute atomic E-state index is 13.1. The zero-order chi connectivity index (χ0) is 19.7. The van der Waals surface area contributed by atoms with Crippen LogP contribution in [0.3, 0.4) is 0 Å². The van der Waals surface area contributed by atoms with Crippen molar-refractivity contribution >= 4 is 55.5 Å². The third-order valence-electron chi connectivity index (χ3n) is 4.16. The van der Waals surface area contributed by atoms with Crippen LogP contribution < -0.4 is 4.90 Å². The summed E-state index contributed by atoms with van der Waals surface area (Å²) in [4.78, 5) is 23.6. The Bertz CT molecular complexity index is 1140. The summed E-state index contributed by atoms with van der Waals surface area (Å²) in [5.41, 5.74) is 2.31. The Morgan fingerprint density at radius 3 is 2.71 bits per heavy atom. The molecule has 2 aromatic carbocycles. The minimum atomic E-state index is -0.286. The van der Waals surface area contributed by atoms with Gasteiger partial charge in [-0.2, -0.15) is 0 Å². The lowest BCUT2D eigenvalue weighted by Crippen LogP contribution is -2.31. The van der Waals surface area contributed by atoms with E-state index >= 15 is 0 Å². The van der Waals surface area contributed by atoms with Gasteiger partial charge >= 0.3 is 0 Å². The van der Waals surface area contributed by atoms with Gasteiger partial charge in [-0.25, -0.2) is 14.4 Å². The fourth-order valence-electron chi connectivity index (χ4n) is 2.79. The summed E-state index contributed by atoms with van der Waals surface area (Å²) in [6.07, 6.45) is 0.183. The Morgan fingerprint density at radius 1 is 1.18 bits per heavy atom. The molecule has 0 radical (unpaired) electrons. The molecule has 0 aliphatic heterocycles. The molecule has 0 saturated heterocycles. The fourth-order valence-corrected chi connectivity index (χ4v) is 4.80. The highest BCUT2D eigenvalue weighted by atomic mass is 35.5. The molecule has 0 N–H and O–H groups in total. The predicted octanol–water partition coefficient (Wildman–Crippen LogP) is 5.81. The second kappa shape index (κ2) is 7.95. The van der Waals surface area contributed by atoms with Crippen molar-refractivity contribution < 1.29 is 9.18 Å². The molecular weight excluding hydrogens is 417 g/mol. The first-order chi connectivity index (χ1) is 13.5. The van der Waals surface area contributed by atoms with Gasteiger partial charge in [0.2, 0.25) is 5.91 Å². The molecule has 4 aromatic rings. The van der Waals surface area contributed by atoms with Gasteiger partial charge < -0.3 is 0 Å². The number of anilines is 1. The first-order valence-corrected chi connectivity index (χ1v) is 10.7. The van der Waals surface area contributed by atoms with Crippen molar-refractivity contribution in [3.05, 3.63) is 64.4 Å². The smallest absolute Gasteiger partial charge is 0.234 e. The molecule has 0 aliphatic rings. The van der Waals surface area contributed by atoms with E-state index in [0.717, 1.165) is 20.8 Å². The van der Waals surface area contributed by atoms with Crippen LogP contribution in [0.15, 0.2) is 47.8 Å². The van der Waals surface area contributed by atoms with E-state index in [2.05, 4.69) is 9.97 Å². The van der Waals surface area contributed by atoms with Gasteiger partial charge in [-0.05, 0) is 49.4 Å². The highest BCUT2D eigenvalue weighted by Crippen LogP contribution is 2.31. The van der Waals surface area contributed by atoms with Gasteiger partial charge in [0.1, 0.15) is 10.8 Å². The molecule has 0 spiro atoms. The Balaban J connectivity index is 1.53. The molecule has 0 atom stereocenters. The number of rotatable bonds is 5. The molecule has 8 heteroatoms. The fraction of sp³-hybridized carbons (Fsp3) is 0.150. The van der Waals surface area contributed by atoms with E-state index < -0.39 is 0 Å². The number of halogens is 2. The number of fused-ring (bicyclic) bond motifs is 1. The maximum Gasteiger partial charge on any atom is 0.234 e. The molecule has 0 bridgehead atoms. The van der Waals surface area contributed by atoms with Crippen LogP contribution in [0.25, 0.3) is 20.8 Å². The average molecular weight is 432 g/mol. The van der Waals surface area contributed by atoms with Gasteiger partial charge in [-0.1, -0.05) is 22.9 Å². The second-order valence-corrected chi connectivity index (χ2v) is 8.38. The van der Waals surface area contributed by atoms with Gasteiger partial charge in [0.15, 0.2) is 5.13 Å². The van der Waals surface area contributed by atoms with E-state index in [1.54, 1.807) is 23.1 Å². The number of carbonyl (C=O) groups excluding carboxylic acids is 1. The summed E-state index contributed by atoms with van der Waals surface area (Å²) in [5.74, 6) is -0.352. The molecule has 2 heterocycles. The molecule has 4 nitrogen and oxygen atoms in total. The zero-order valence-corrected chi connectivity index (χ0v) is 17.2. The lowest BCUT2D eigenvalue weighted by molar-refractivity contribution is -0.118. The minimum Gasteiger partial charge on any atom is -0.288 e. The quantitative estimate of drug-likeness (QED) is 0.400. The van der Waals surface area contributed by atoms with Crippen LogP contribution in [0.4, 0.5) is 9.52 Å². The number of carbonyl (C=O) groups is 1. The van der Waals surface area contributed by atoms with E-state index in [1.807, 2.05) is 24.4 Å². The Kier molecular flexibility index (Phi) is 5.39. The molecule has 0 aliphatic carbocycles. The van der Waals surface area contributed by atoms with E-state index in [-0.39, 0.29) is 18.1 Å². The average Bonchev–Trinajstić information content (AvgIpc) is 3.29. The van der Waals surface area contributed by atoms with Crippen molar-refractivity contribution in [3.63, 3.8) is 0 Å². The number of nitrogens with zero attached hydrogens (tertiary/aromatic N) is 3. The van der Waals surface area contributed by atoms with Gasteiger partial charge in [0, 0.05) is 22.5 Å². The number of likely N-dealkylation sites (N-methyl/N-ethyl adjacent to an activating group) is 1. The van der Waals surface area contributed by atoms with E-state index in [9.17, 15) is 9.18 Å². The topological polar surface area (TPSA) is 46.1 Å². The predicted molar refractivity (Wildman–Crippen MR) is 114 cm³/mol. The van der Waals surface area contributed by atoms with Crippen molar-refractivity contribution in [3.8, 4) is 10.6 Å². The molecule has 4 rings (SSSR count). The van der Waals surface area contributed by atoms with E-state index in [0.29, 0.717) is 22.4 Å². The highest BCUT2D eigenvalue weighted by Gasteiger charge is 2.20. The van der Waals surface area contributed by atoms with Crippen molar-refractivity contribution in [2.45, 2.75) is 13.3 Å². The Morgan fingerprint density at radius 2 is 1.96 bits per heavy atom. The van der Waals surface area contributed by atoms with Crippen LogP contribution in [0, 0.1) is 5.82 Å². The monoisotopic (exact) mass is 431 g/mol. The van der Waals surface area contributed by atoms with E-state index in [1.165, 1.54) is 34.8 Å². The van der Waals surface area contributed by atoms with Crippen molar-refractivity contribution in [2.75, 3.05) is 11.4 Å². The number of hydrogen-bond donors (Lipinski definition) is 0. The van der Waals surface area contributed by atoms with Crippen LogP contribution in [-0.2, 0) is 11.2 Å².